The number of fused-ring (bicyclic) bond motifs is 2. The Labute approximate surface area is 238 Å². The monoisotopic (exact) mass is 559 g/mol. The summed E-state index contributed by atoms with van der Waals surface area (Å²) in [5, 5.41) is 10.2. The molecule has 2 fully saturated rings. The van der Waals surface area contributed by atoms with Crippen LogP contribution in [0.25, 0.3) is 0 Å². The number of aliphatic hydroxyl groups is 1. The molecule has 1 spiro atoms. The molecular formula is C31H33N3O5S. The van der Waals surface area contributed by atoms with Crippen LogP contribution in [-0.4, -0.2) is 76.1 Å². The number of anilines is 2. The lowest BCUT2D eigenvalue weighted by molar-refractivity contribution is -0.141. The van der Waals surface area contributed by atoms with Crippen LogP contribution in [0, 0.1) is 11.8 Å². The van der Waals surface area contributed by atoms with Crippen LogP contribution in [0.4, 0.5) is 11.4 Å². The SMILES string of the molecule is COc1ccc(N2CC=C[C@]34S[C@@]5(C)C=CCN(c6ccccc6)C(=O)[C@H]5[C@H]3C(=O)N([C@H](C)CO)C4C2=O)cc1. The number of carbonyl (C=O) groups is 3. The van der Waals surface area contributed by atoms with Gasteiger partial charge in [0.1, 0.15) is 11.8 Å². The summed E-state index contributed by atoms with van der Waals surface area (Å²) in [6.45, 7) is 4.20. The van der Waals surface area contributed by atoms with Crippen LogP contribution < -0.4 is 14.5 Å². The van der Waals surface area contributed by atoms with Gasteiger partial charge in [0.15, 0.2) is 0 Å². The second kappa shape index (κ2) is 9.82. The second-order valence-electron chi connectivity index (χ2n) is 11.0. The Bertz CT molecular complexity index is 1400. The van der Waals surface area contributed by atoms with Gasteiger partial charge in [0.25, 0.3) is 5.91 Å². The van der Waals surface area contributed by atoms with Gasteiger partial charge in [-0.1, -0.05) is 42.5 Å². The van der Waals surface area contributed by atoms with E-state index in [0.717, 1.165) is 5.69 Å². The highest BCUT2D eigenvalue weighted by molar-refractivity contribution is 8.02. The lowest BCUT2D eigenvalue weighted by Crippen LogP contribution is -2.56. The third-order valence-electron chi connectivity index (χ3n) is 8.69. The zero-order chi connectivity index (χ0) is 28.2. The molecule has 0 bridgehead atoms. The molecule has 6 atom stereocenters. The fraction of sp³-hybridized carbons (Fsp3) is 0.387. The van der Waals surface area contributed by atoms with Crippen LogP contribution in [0.2, 0.25) is 0 Å². The van der Waals surface area contributed by atoms with E-state index in [1.165, 1.54) is 11.8 Å². The number of ether oxygens (including phenoxy) is 1. The molecule has 0 aromatic heterocycles. The molecule has 2 aromatic carbocycles. The molecule has 0 aliphatic carbocycles. The van der Waals surface area contributed by atoms with Gasteiger partial charge >= 0.3 is 0 Å². The van der Waals surface area contributed by atoms with Crippen LogP contribution in [0.1, 0.15) is 13.8 Å². The number of hydrogen-bond donors (Lipinski definition) is 1. The van der Waals surface area contributed by atoms with Gasteiger partial charge in [-0.15, -0.1) is 11.8 Å². The minimum atomic E-state index is -0.974. The normalized spacial score (nSPS) is 31.9. The van der Waals surface area contributed by atoms with E-state index in [0.29, 0.717) is 24.5 Å². The topological polar surface area (TPSA) is 90.4 Å². The number of hydrogen-bond acceptors (Lipinski definition) is 6. The first kappa shape index (κ1) is 26.7. The van der Waals surface area contributed by atoms with Gasteiger partial charge in [-0.2, -0.15) is 0 Å². The lowest BCUT2D eigenvalue weighted by atomic mass is 9.74. The molecule has 0 saturated carbocycles. The third kappa shape index (κ3) is 3.82. The predicted octanol–water partition coefficient (Wildman–Crippen LogP) is 3.27. The fourth-order valence-corrected chi connectivity index (χ4v) is 9.00. The number of methoxy groups -OCH3 is 1. The smallest absolute Gasteiger partial charge is 0.251 e. The molecule has 4 aliphatic heterocycles. The number of rotatable bonds is 5. The molecule has 2 aromatic rings. The molecule has 6 rings (SSSR count). The highest BCUT2D eigenvalue weighted by atomic mass is 32.2. The molecule has 2 saturated heterocycles. The minimum Gasteiger partial charge on any atom is -0.497 e. The largest absolute Gasteiger partial charge is 0.497 e. The van der Waals surface area contributed by atoms with Crippen molar-refractivity contribution in [1.29, 1.82) is 0 Å². The second-order valence-corrected chi connectivity index (χ2v) is 12.8. The Morgan fingerprint density at radius 2 is 1.52 bits per heavy atom. The highest BCUT2D eigenvalue weighted by Crippen LogP contribution is 2.66. The zero-order valence-corrected chi connectivity index (χ0v) is 23.6. The quantitative estimate of drug-likeness (QED) is 0.566. The molecule has 1 N–H and O–H groups in total. The number of amides is 3. The Balaban J connectivity index is 1.47. The summed E-state index contributed by atoms with van der Waals surface area (Å²) in [5.41, 5.74) is 1.46. The first-order chi connectivity index (χ1) is 19.3. The lowest BCUT2D eigenvalue weighted by Gasteiger charge is -2.38. The average Bonchev–Trinajstić information content (AvgIpc) is 3.24. The van der Waals surface area contributed by atoms with E-state index in [-0.39, 0.29) is 24.3 Å². The Kier molecular flexibility index (Phi) is 6.54. The summed E-state index contributed by atoms with van der Waals surface area (Å²) in [6, 6.07) is 15.3. The summed E-state index contributed by atoms with van der Waals surface area (Å²) in [5.74, 6) is -1.39. The van der Waals surface area contributed by atoms with E-state index in [4.69, 9.17) is 4.74 Å². The van der Waals surface area contributed by atoms with Gasteiger partial charge in [-0.05, 0) is 50.2 Å². The van der Waals surface area contributed by atoms with Crippen molar-refractivity contribution in [3.63, 3.8) is 0 Å². The number of likely N-dealkylation sites (tertiary alicyclic amines) is 1. The van der Waals surface area contributed by atoms with Gasteiger partial charge in [-0.3, -0.25) is 14.4 Å². The molecule has 4 heterocycles. The standard InChI is InChI=1S/C31H33N3O5S/c1-20(19-35)34-26-29(38)33(22-11-13-23(39-3)14-12-22)18-8-16-31(26)25(28(34)37)24-27(36)32(21-9-5-4-6-10-21)17-7-15-30(24,2)40-31/h4-16,20,24-26,35H,17-19H2,1-3H3/t20-,24-,25+,26?,30+,31+/m1/s1. The number of carbonyl (C=O) groups excluding carboxylic acids is 3. The zero-order valence-electron chi connectivity index (χ0n) is 22.8. The van der Waals surface area contributed by atoms with Crippen LogP contribution in [-0.2, 0) is 14.4 Å². The Morgan fingerprint density at radius 3 is 2.17 bits per heavy atom. The molecule has 1 unspecified atom stereocenters. The molecule has 9 heteroatoms. The number of nitrogens with zero attached hydrogens (tertiary/aromatic N) is 3. The molecule has 208 valence electrons. The number of thioether (sulfide) groups is 1. The predicted molar refractivity (Wildman–Crippen MR) is 155 cm³/mol. The maximum Gasteiger partial charge on any atom is 0.251 e. The minimum absolute atomic E-state index is 0.129. The Morgan fingerprint density at radius 1 is 0.900 bits per heavy atom. The first-order valence-corrected chi connectivity index (χ1v) is 14.4. The van der Waals surface area contributed by atoms with Crippen LogP contribution >= 0.6 is 11.8 Å². The third-order valence-corrected chi connectivity index (χ3v) is 10.5. The fourth-order valence-electron chi connectivity index (χ4n) is 6.86. The number of para-hydroxylation sites is 1. The van der Waals surface area contributed by atoms with E-state index in [1.807, 2.05) is 73.7 Å². The highest BCUT2D eigenvalue weighted by Gasteiger charge is 2.74. The van der Waals surface area contributed by atoms with Crippen molar-refractivity contribution >= 4 is 40.9 Å². The van der Waals surface area contributed by atoms with E-state index >= 15 is 0 Å². The van der Waals surface area contributed by atoms with Crippen molar-refractivity contribution in [3.05, 3.63) is 78.9 Å². The van der Waals surface area contributed by atoms with E-state index in [9.17, 15) is 19.5 Å². The van der Waals surface area contributed by atoms with Crippen LogP contribution in [0.3, 0.4) is 0 Å². The van der Waals surface area contributed by atoms with Gasteiger partial charge in [0.05, 0.1) is 36.3 Å². The summed E-state index contributed by atoms with van der Waals surface area (Å²) in [7, 11) is 1.59. The Hall–Kier alpha value is -3.56. The first-order valence-electron chi connectivity index (χ1n) is 13.6. The maximum absolute atomic E-state index is 14.5. The average molecular weight is 560 g/mol. The van der Waals surface area contributed by atoms with Crippen molar-refractivity contribution in [3.8, 4) is 5.75 Å². The van der Waals surface area contributed by atoms with Crippen LogP contribution in [0.15, 0.2) is 78.9 Å². The van der Waals surface area contributed by atoms with Gasteiger partial charge in [0.2, 0.25) is 11.8 Å². The molecule has 40 heavy (non-hydrogen) atoms. The molecule has 4 aliphatic rings. The van der Waals surface area contributed by atoms with Crippen molar-refractivity contribution in [2.24, 2.45) is 11.8 Å². The van der Waals surface area contributed by atoms with Crippen molar-refractivity contribution in [2.45, 2.75) is 35.4 Å². The van der Waals surface area contributed by atoms with Gasteiger partial charge in [0, 0.05) is 29.2 Å². The van der Waals surface area contributed by atoms with Crippen molar-refractivity contribution < 1.29 is 24.2 Å². The number of aliphatic hydroxyl groups excluding tert-OH is 1. The van der Waals surface area contributed by atoms with Gasteiger partial charge in [-0.25, -0.2) is 0 Å². The van der Waals surface area contributed by atoms with Crippen molar-refractivity contribution in [1.82, 2.24) is 4.90 Å². The van der Waals surface area contributed by atoms with Gasteiger partial charge < -0.3 is 24.5 Å². The summed E-state index contributed by atoms with van der Waals surface area (Å²) < 4.78 is 3.62. The van der Waals surface area contributed by atoms with Crippen molar-refractivity contribution in [2.75, 3.05) is 36.6 Å². The molecule has 3 amide bonds. The molecule has 0 radical (unpaired) electrons. The summed E-state index contributed by atoms with van der Waals surface area (Å²) in [4.78, 5) is 48.2. The van der Waals surface area contributed by atoms with Crippen LogP contribution in [0.5, 0.6) is 5.75 Å². The summed E-state index contributed by atoms with van der Waals surface area (Å²) >= 11 is 1.54. The molecular weight excluding hydrogens is 526 g/mol. The van der Waals surface area contributed by atoms with E-state index in [2.05, 4.69) is 0 Å². The van der Waals surface area contributed by atoms with E-state index < -0.39 is 33.4 Å². The molecule has 8 nitrogen and oxygen atoms in total. The summed E-state index contributed by atoms with van der Waals surface area (Å²) in [6.07, 6.45) is 7.98. The van der Waals surface area contributed by atoms with E-state index in [1.54, 1.807) is 40.9 Å². The maximum atomic E-state index is 14.5. The number of benzene rings is 2.